The van der Waals surface area contributed by atoms with Crippen molar-refractivity contribution in [3.63, 3.8) is 0 Å². The molecule has 244 valence electrons. The number of hydrogen-bond donors (Lipinski definition) is 5. The van der Waals surface area contributed by atoms with E-state index < -0.39 is 36.4 Å². The van der Waals surface area contributed by atoms with Gasteiger partial charge in [-0.05, 0) is 67.0 Å². The standard InChI is InChI=1S/C26H31ClN2O3.C6H8O7/c27-24-8-7-22(30)16-20(24)15-21(25(31)29-11-3-4-12-29)17-28-13-9-26(10-14-28)23-6-2-1-5-19(23)18-32-26;7-3(8)1-6(13,5(11)12)2-4(9)10/h1-2,5-8,16,21,30H,3-4,9-15,17-18H2;13H,1-2H2,(H,7,8)(H,9,10)(H,11,12). The number of piperidine rings is 1. The Bertz CT molecular complexity index is 1390. The van der Waals surface area contributed by atoms with Crippen molar-refractivity contribution in [1.82, 2.24) is 9.80 Å². The van der Waals surface area contributed by atoms with Crippen LogP contribution in [0.15, 0.2) is 42.5 Å². The number of ether oxygens (including phenoxy) is 1. The molecule has 3 aliphatic rings. The summed E-state index contributed by atoms with van der Waals surface area (Å²) in [6.45, 7) is 4.91. The first kappa shape index (κ1) is 34.2. The highest BCUT2D eigenvalue weighted by molar-refractivity contribution is 6.31. The highest BCUT2D eigenvalue weighted by atomic mass is 35.5. The van der Waals surface area contributed by atoms with Gasteiger partial charge in [-0.25, -0.2) is 4.79 Å². The number of carboxylic acids is 3. The molecule has 1 atom stereocenters. The van der Waals surface area contributed by atoms with Crippen LogP contribution in [0.2, 0.25) is 5.02 Å². The Balaban J connectivity index is 0.000000302. The van der Waals surface area contributed by atoms with Gasteiger partial charge in [0.2, 0.25) is 5.91 Å². The van der Waals surface area contributed by atoms with Gasteiger partial charge in [-0.15, -0.1) is 0 Å². The number of hydrogen-bond acceptors (Lipinski definition) is 8. The lowest BCUT2D eigenvalue weighted by Gasteiger charge is -2.40. The van der Waals surface area contributed by atoms with Crippen LogP contribution in [-0.2, 0) is 42.5 Å². The van der Waals surface area contributed by atoms with Crippen LogP contribution in [0, 0.1) is 5.92 Å². The summed E-state index contributed by atoms with van der Waals surface area (Å²) in [4.78, 5) is 48.3. The Labute approximate surface area is 265 Å². The van der Waals surface area contributed by atoms with Crippen LogP contribution < -0.4 is 0 Å². The molecule has 13 heteroatoms. The van der Waals surface area contributed by atoms with Crippen molar-refractivity contribution in [1.29, 1.82) is 0 Å². The van der Waals surface area contributed by atoms with Crippen molar-refractivity contribution in [2.24, 2.45) is 5.92 Å². The summed E-state index contributed by atoms with van der Waals surface area (Å²) in [6, 6.07) is 13.6. The molecular formula is C32H39ClN2O10. The molecule has 2 aromatic rings. The normalized spacial score (nSPS) is 18.1. The van der Waals surface area contributed by atoms with Gasteiger partial charge in [-0.3, -0.25) is 14.4 Å². The van der Waals surface area contributed by atoms with Gasteiger partial charge in [0.1, 0.15) is 5.75 Å². The van der Waals surface area contributed by atoms with E-state index in [2.05, 4.69) is 29.2 Å². The average molecular weight is 647 g/mol. The number of aromatic hydroxyl groups is 1. The SMILES string of the molecule is O=C(C(Cc1cc(O)ccc1Cl)CN1CCC2(CC1)OCc1ccccc12)N1CCCC1.O=C(O)CC(O)(CC(=O)O)C(=O)O. The number of amides is 1. The predicted molar refractivity (Wildman–Crippen MR) is 162 cm³/mol. The molecule has 2 fully saturated rings. The summed E-state index contributed by atoms with van der Waals surface area (Å²) in [6.07, 6.45) is 2.30. The maximum atomic E-state index is 13.4. The van der Waals surface area contributed by atoms with Crippen LogP contribution in [-0.4, -0.2) is 97.5 Å². The number of aliphatic carboxylic acids is 3. The highest BCUT2D eigenvalue weighted by Crippen LogP contribution is 2.44. The third-order valence-corrected chi connectivity index (χ3v) is 9.07. The first-order valence-corrected chi connectivity index (χ1v) is 15.3. The topological polar surface area (TPSA) is 185 Å². The molecular weight excluding hydrogens is 608 g/mol. The van der Waals surface area contributed by atoms with E-state index in [-0.39, 0.29) is 23.2 Å². The van der Waals surface area contributed by atoms with Crippen LogP contribution in [0.25, 0.3) is 0 Å². The number of benzene rings is 2. The van der Waals surface area contributed by atoms with E-state index in [9.17, 15) is 24.3 Å². The third kappa shape index (κ3) is 8.51. The molecule has 45 heavy (non-hydrogen) atoms. The number of halogens is 1. The zero-order valence-electron chi connectivity index (χ0n) is 24.9. The van der Waals surface area contributed by atoms with Crippen molar-refractivity contribution in [2.75, 3.05) is 32.7 Å². The number of aliphatic hydroxyl groups is 1. The van der Waals surface area contributed by atoms with Crippen LogP contribution in [0.4, 0.5) is 0 Å². The van der Waals surface area contributed by atoms with E-state index in [0.29, 0.717) is 24.6 Å². The van der Waals surface area contributed by atoms with Crippen molar-refractivity contribution < 1.29 is 49.4 Å². The number of carboxylic acid groups (broad SMARTS) is 3. The summed E-state index contributed by atoms with van der Waals surface area (Å²) in [5, 5.41) is 44.4. The quantitative estimate of drug-likeness (QED) is 0.255. The summed E-state index contributed by atoms with van der Waals surface area (Å²) in [5.74, 6) is -4.79. The monoisotopic (exact) mass is 646 g/mol. The van der Waals surface area contributed by atoms with Crippen LogP contribution in [0.1, 0.15) is 55.2 Å². The van der Waals surface area contributed by atoms with Gasteiger partial charge in [-0.1, -0.05) is 35.9 Å². The van der Waals surface area contributed by atoms with Gasteiger partial charge in [0.25, 0.3) is 0 Å². The average Bonchev–Trinajstić information content (AvgIpc) is 3.64. The maximum absolute atomic E-state index is 13.4. The fraction of sp³-hybridized carbons (Fsp3) is 0.500. The molecule has 0 aliphatic carbocycles. The number of carbonyl (C=O) groups is 4. The maximum Gasteiger partial charge on any atom is 0.336 e. The Morgan fingerprint density at radius 3 is 2.16 bits per heavy atom. The number of phenolic OH excluding ortho intramolecular Hbond substituents is 1. The van der Waals surface area contributed by atoms with Gasteiger partial charge in [0, 0.05) is 37.7 Å². The second-order valence-electron chi connectivity index (χ2n) is 11.9. The zero-order valence-corrected chi connectivity index (χ0v) is 25.6. The van der Waals surface area contributed by atoms with Crippen molar-refractivity contribution in [2.45, 2.75) is 62.8 Å². The molecule has 0 bridgehead atoms. The van der Waals surface area contributed by atoms with E-state index in [1.54, 1.807) is 18.2 Å². The van der Waals surface area contributed by atoms with E-state index in [0.717, 1.165) is 57.4 Å². The van der Waals surface area contributed by atoms with E-state index in [4.69, 9.17) is 36.8 Å². The minimum atomic E-state index is -2.74. The smallest absolute Gasteiger partial charge is 0.336 e. The van der Waals surface area contributed by atoms with Crippen LogP contribution in [0.5, 0.6) is 5.75 Å². The minimum absolute atomic E-state index is 0.168. The lowest BCUT2D eigenvalue weighted by molar-refractivity contribution is -0.170. The Kier molecular flexibility index (Phi) is 11.1. The number of phenols is 1. The first-order valence-electron chi connectivity index (χ1n) is 14.9. The molecule has 1 unspecified atom stereocenters. The molecule has 3 aliphatic heterocycles. The number of carbonyl (C=O) groups excluding carboxylic acids is 1. The molecule has 5 N–H and O–H groups in total. The summed E-state index contributed by atoms with van der Waals surface area (Å²) in [7, 11) is 0. The Morgan fingerprint density at radius 1 is 0.933 bits per heavy atom. The minimum Gasteiger partial charge on any atom is -0.508 e. The van der Waals surface area contributed by atoms with Crippen LogP contribution >= 0.6 is 11.6 Å². The summed E-state index contributed by atoms with van der Waals surface area (Å²) in [5.41, 5.74) is 0.580. The van der Waals surface area contributed by atoms with Gasteiger partial charge < -0.3 is 40.1 Å². The molecule has 0 saturated carbocycles. The fourth-order valence-corrected chi connectivity index (χ4v) is 6.52. The van der Waals surface area contributed by atoms with Crippen molar-refractivity contribution >= 4 is 35.4 Å². The Morgan fingerprint density at radius 2 is 1.56 bits per heavy atom. The molecule has 3 heterocycles. The highest BCUT2D eigenvalue weighted by Gasteiger charge is 2.43. The molecule has 2 aromatic carbocycles. The van der Waals surface area contributed by atoms with Crippen LogP contribution in [0.3, 0.4) is 0 Å². The second-order valence-corrected chi connectivity index (χ2v) is 12.3. The van der Waals surface area contributed by atoms with E-state index in [1.165, 1.54) is 11.1 Å². The van der Waals surface area contributed by atoms with E-state index in [1.807, 2.05) is 4.90 Å². The number of likely N-dealkylation sites (tertiary alicyclic amines) is 2. The van der Waals surface area contributed by atoms with Crippen molar-refractivity contribution in [3.8, 4) is 5.75 Å². The van der Waals surface area contributed by atoms with Gasteiger partial charge in [0.05, 0.1) is 31.0 Å². The van der Waals surface area contributed by atoms with Crippen molar-refractivity contribution in [3.05, 3.63) is 64.2 Å². The second kappa shape index (κ2) is 14.6. The number of rotatable bonds is 10. The number of nitrogens with zero attached hydrogens (tertiary/aromatic N) is 2. The van der Waals surface area contributed by atoms with Gasteiger partial charge in [-0.2, -0.15) is 0 Å². The van der Waals surface area contributed by atoms with E-state index >= 15 is 0 Å². The molecule has 0 radical (unpaired) electrons. The molecule has 1 spiro atoms. The van der Waals surface area contributed by atoms with Gasteiger partial charge in [0.15, 0.2) is 5.60 Å². The molecule has 2 saturated heterocycles. The fourth-order valence-electron chi connectivity index (χ4n) is 6.33. The summed E-state index contributed by atoms with van der Waals surface area (Å²) >= 11 is 6.41. The zero-order chi connectivity index (χ0) is 32.8. The molecule has 12 nitrogen and oxygen atoms in total. The van der Waals surface area contributed by atoms with Gasteiger partial charge >= 0.3 is 17.9 Å². The Hall–Kier alpha value is -3.71. The third-order valence-electron chi connectivity index (χ3n) is 8.70. The predicted octanol–water partition coefficient (Wildman–Crippen LogP) is 3.10. The lowest BCUT2D eigenvalue weighted by atomic mass is 9.83. The largest absolute Gasteiger partial charge is 0.508 e. The molecule has 0 aromatic heterocycles. The molecule has 5 rings (SSSR count). The first-order chi connectivity index (χ1) is 21.3. The molecule has 1 amide bonds. The summed E-state index contributed by atoms with van der Waals surface area (Å²) < 4.78 is 6.31. The number of fused-ring (bicyclic) bond motifs is 2. The lowest BCUT2D eigenvalue weighted by Crippen LogP contribution is -2.47.